The maximum absolute atomic E-state index is 12.2. The summed E-state index contributed by atoms with van der Waals surface area (Å²) in [4.78, 5) is 24.4. The highest BCUT2D eigenvalue weighted by molar-refractivity contribution is 6.30. The first-order valence-electron chi connectivity index (χ1n) is 7.84. The number of nitrogens with one attached hydrogen (secondary N) is 2. The Labute approximate surface area is 151 Å². The van der Waals surface area contributed by atoms with Crippen molar-refractivity contribution >= 4 is 23.4 Å². The average Bonchev–Trinajstić information content (AvgIpc) is 2.58. The van der Waals surface area contributed by atoms with Gasteiger partial charge in [0.1, 0.15) is 5.70 Å². The van der Waals surface area contributed by atoms with Crippen molar-refractivity contribution in [2.75, 3.05) is 13.2 Å². The van der Waals surface area contributed by atoms with Crippen molar-refractivity contribution < 1.29 is 19.1 Å². The lowest BCUT2D eigenvalue weighted by atomic mass is 10.1. The Balaban J connectivity index is 1.85. The van der Waals surface area contributed by atoms with Gasteiger partial charge in [-0.15, -0.1) is 0 Å². The minimum Gasteiger partial charge on any atom is -0.403 e. The molecule has 0 unspecified atom stereocenters. The van der Waals surface area contributed by atoms with Crippen LogP contribution in [0.4, 0.5) is 0 Å². The molecule has 0 aliphatic carbocycles. The standard InChI is InChI=1S/C17H22ClN3O4/c1-17(2)24-9-12(10-25-17)15(22)21-14(7-19)16(23)20-8-11-3-5-13(18)6-4-11/h3-7,12H,8-10,19H2,1-2H3,(H,20,23)(H,21,22)/b14-7+. The Morgan fingerprint density at radius 2 is 1.88 bits per heavy atom. The van der Waals surface area contributed by atoms with Crippen molar-refractivity contribution in [3.63, 3.8) is 0 Å². The van der Waals surface area contributed by atoms with E-state index in [0.29, 0.717) is 5.02 Å². The number of nitrogens with two attached hydrogens (primary N) is 1. The van der Waals surface area contributed by atoms with Gasteiger partial charge in [-0.05, 0) is 31.5 Å². The third-order valence-corrected chi connectivity index (χ3v) is 3.92. The second kappa shape index (κ2) is 8.33. The minimum atomic E-state index is -0.709. The normalized spacial score (nSPS) is 17.8. The largest absolute Gasteiger partial charge is 0.403 e. The molecule has 1 saturated heterocycles. The van der Waals surface area contributed by atoms with Gasteiger partial charge in [0.05, 0.1) is 19.1 Å². The van der Waals surface area contributed by atoms with Gasteiger partial charge in [0.15, 0.2) is 5.79 Å². The van der Waals surface area contributed by atoms with Crippen LogP contribution in [0.5, 0.6) is 0 Å². The molecular weight excluding hydrogens is 346 g/mol. The van der Waals surface area contributed by atoms with E-state index in [1.165, 1.54) is 0 Å². The molecule has 1 aliphatic heterocycles. The first-order chi connectivity index (χ1) is 11.8. The lowest BCUT2D eigenvalue weighted by Crippen LogP contribution is -2.46. The van der Waals surface area contributed by atoms with Crippen LogP contribution >= 0.6 is 11.6 Å². The molecule has 0 radical (unpaired) electrons. The SMILES string of the molecule is CC1(C)OCC(C(=O)N/C(=C/N)C(=O)NCc2ccc(Cl)cc2)CO1. The van der Waals surface area contributed by atoms with Crippen molar-refractivity contribution in [1.29, 1.82) is 0 Å². The number of amides is 2. The maximum Gasteiger partial charge on any atom is 0.269 e. The molecule has 1 aromatic carbocycles. The molecule has 0 aromatic heterocycles. The second-order valence-electron chi connectivity index (χ2n) is 6.10. The highest BCUT2D eigenvalue weighted by atomic mass is 35.5. The second-order valence-corrected chi connectivity index (χ2v) is 6.53. The number of carbonyl (C=O) groups is 2. The molecule has 2 amide bonds. The van der Waals surface area contributed by atoms with Crippen molar-refractivity contribution in [3.05, 3.63) is 46.7 Å². The fraction of sp³-hybridized carbons (Fsp3) is 0.412. The lowest BCUT2D eigenvalue weighted by molar-refractivity contribution is -0.258. The maximum atomic E-state index is 12.2. The highest BCUT2D eigenvalue weighted by Gasteiger charge is 2.32. The molecule has 1 aromatic rings. The van der Waals surface area contributed by atoms with E-state index in [1.54, 1.807) is 38.1 Å². The fourth-order valence-electron chi connectivity index (χ4n) is 2.13. The molecule has 0 atom stereocenters. The van der Waals surface area contributed by atoms with Gasteiger partial charge in [-0.2, -0.15) is 0 Å². The van der Waals surface area contributed by atoms with Gasteiger partial charge in [0, 0.05) is 17.8 Å². The molecule has 1 heterocycles. The molecule has 7 nitrogen and oxygen atoms in total. The van der Waals surface area contributed by atoms with Gasteiger partial charge in [-0.3, -0.25) is 9.59 Å². The van der Waals surface area contributed by atoms with E-state index in [4.69, 9.17) is 26.8 Å². The fourth-order valence-corrected chi connectivity index (χ4v) is 2.26. The molecule has 25 heavy (non-hydrogen) atoms. The van der Waals surface area contributed by atoms with Crippen LogP contribution in [0, 0.1) is 5.92 Å². The van der Waals surface area contributed by atoms with E-state index in [-0.39, 0.29) is 31.4 Å². The molecule has 136 valence electrons. The summed E-state index contributed by atoms with van der Waals surface area (Å²) in [5, 5.41) is 5.81. The van der Waals surface area contributed by atoms with Gasteiger partial charge in [-0.1, -0.05) is 23.7 Å². The number of ether oxygens (including phenoxy) is 2. The number of hydrogen-bond donors (Lipinski definition) is 3. The molecule has 0 spiro atoms. The highest BCUT2D eigenvalue weighted by Crippen LogP contribution is 2.20. The number of benzene rings is 1. The lowest BCUT2D eigenvalue weighted by Gasteiger charge is -2.34. The van der Waals surface area contributed by atoms with Crippen LogP contribution in [-0.4, -0.2) is 30.8 Å². The predicted molar refractivity (Wildman–Crippen MR) is 93.2 cm³/mol. The summed E-state index contributed by atoms with van der Waals surface area (Å²) in [6.07, 6.45) is 1.06. The van der Waals surface area contributed by atoms with Crippen LogP contribution in [-0.2, 0) is 25.6 Å². The Morgan fingerprint density at radius 3 is 2.44 bits per heavy atom. The third-order valence-electron chi connectivity index (χ3n) is 3.67. The summed E-state index contributed by atoms with van der Waals surface area (Å²) in [5.74, 6) is -2.08. The molecular formula is C17H22ClN3O4. The van der Waals surface area contributed by atoms with Crippen LogP contribution in [0.1, 0.15) is 19.4 Å². The van der Waals surface area contributed by atoms with Crippen molar-refractivity contribution in [1.82, 2.24) is 10.6 Å². The van der Waals surface area contributed by atoms with Crippen LogP contribution in [0.15, 0.2) is 36.2 Å². The van der Waals surface area contributed by atoms with E-state index in [0.717, 1.165) is 11.8 Å². The van der Waals surface area contributed by atoms with Crippen LogP contribution in [0.25, 0.3) is 0 Å². The predicted octanol–water partition coefficient (Wildman–Crippen LogP) is 1.27. The van der Waals surface area contributed by atoms with Crippen LogP contribution in [0.3, 0.4) is 0 Å². The van der Waals surface area contributed by atoms with Crippen molar-refractivity contribution in [3.8, 4) is 0 Å². The zero-order chi connectivity index (χ0) is 18.4. The number of halogens is 1. The summed E-state index contributed by atoms with van der Waals surface area (Å²) >= 11 is 5.82. The third kappa shape index (κ3) is 5.74. The molecule has 4 N–H and O–H groups in total. The van der Waals surface area contributed by atoms with E-state index in [9.17, 15) is 9.59 Å². The molecule has 0 saturated carbocycles. The molecule has 1 fully saturated rings. The van der Waals surface area contributed by atoms with Gasteiger partial charge < -0.3 is 25.8 Å². The topological polar surface area (TPSA) is 103 Å². The smallest absolute Gasteiger partial charge is 0.269 e. The van der Waals surface area contributed by atoms with Crippen LogP contribution < -0.4 is 16.4 Å². The summed E-state index contributed by atoms with van der Waals surface area (Å²) in [6, 6.07) is 7.06. The van der Waals surface area contributed by atoms with Gasteiger partial charge in [0.25, 0.3) is 5.91 Å². The number of carbonyl (C=O) groups excluding carboxylic acids is 2. The van der Waals surface area contributed by atoms with Gasteiger partial charge in [-0.25, -0.2) is 0 Å². The summed E-state index contributed by atoms with van der Waals surface area (Å²) in [7, 11) is 0. The Hall–Kier alpha value is -2.09. The van der Waals surface area contributed by atoms with Crippen LogP contribution in [0.2, 0.25) is 5.02 Å². The molecule has 2 rings (SSSR count). The monoisotopic (exact) mass is 367 g/mol. The molecule has 8 heteroatoms. The van der Waals surface area contributed by atoms with Crippen molar-refractivity contribution in [2.45, 2.75) is 26.2 Å². The number of rotatable bonds is 5. The first kappa shape index (κ1) is 19.2. The zero-order valence-corrected chi connectivity index (χ0v) is 14.9. The van der Waals surface area contributed by atoms with E-state index in [1.807, 2.05) is 0 Å². The quantitative estimate of drug-likeness (QED) is 0.680. The zero-order valence-electron chi connectivity index (χ0n) is 14.2. The minimum absolute atomic E-state index is 0.0243. The summed E-state index contributed by atoms with van der Waals surface area (Å²) < 4.78 is 10.9. The Bertz CT molecular complexity index is 648. The number of hydrogen-bond acceptors (Lipinski definition) is 5. The van der Waals surface area contributed by atoms with E-state index < -0.39 is 17.6 Å². The van der Waals surface area contributed by atoms with Gasteiger partial charge in [0.2, 0.25) is 5.91 Å². The van der Waals surface area contributed by atoms with Crippen molar-refractivity contribution in [2.24, 2.45) is 11.7 Å². The van der Waals surface area contributed by atoms with E-state index >= 15 is 0 Å². The Morgan fingerprint density at radius 1 is 1.28 bits per heavy atom. The van der Waals surface area contributed by atoms with E-state index in [2.05, 4.69) is 10.6 Å². The van der Waals surface area contributed by atoms with Gasteiger partial charge >= 0.3 is 0 Å². The summed E-state index contributed by atoms with van der Waals surface area (Å²) in [6.45, 7) is 4.26. The first-order valence-corrected chi connectivity index (χ1v) is 8.22. The molecule has 1 aliphatic rings. The summed E-state index contributed by atoms with van der Waals surface area (Å²) in [5.41, 5.74) is 6.31. The average molecular weight is 368 g/mol. The Kier molecular flexibility index (Phi) is 6.41. The molecule has 0 bridgehead atoms.